The Bertz CT molecular complexity index is 691. The highest BCUT2D eigenvalue weighted by Crippen LogP contribution is 2.18. The van der Waals surface area contributed by atoms with Crippen LogP contribution >= 0.6 is 0 Å². The number of ether oxygens (including phenoxy) is 1. The van der Waals surface area contributed by atoms with Gasteiger partial charge in [-0.15, -0.1) is 0 Å². The fraction of sp³-hybridized carbons (Fsp3) is 0.0588. The van der Waals surface area contributed by atoms with E-state index in [1.807, 2.05) is 30.3 Å². The van der Waals surface area contributed by atoms with Gasteiger partial charge in [-0.1, -0.05) is 30.3 Å². The van der Waals surface area contributed by atoms with E-state index in [0.717, 1.165) is 11.3 Å². The molecule has 5 heteroatoms. The van der Waals surface area contributed by atoms with Gasteiger partial charge in [-0.2, -0.15) is 5.10 Å². The number of rotatable bonds is 6. The van der Waals surface area contributed by atoms with Crippen LogP contribution in [0.25, 0.3) is 6.08 Å². The lowest BCUT2D eigenvalue weighted by Crippen LogP contribution is -2.21. The quantitative estimate of drug-likeness (QED) is 0.654. The van der Waals surface area contributed by atoms with E-state index in [2.05, 4.69) is 10.5 Å². The molecule has 0 saturated carbocycles. The van der Waals surface area contributed by atoms with Crippen LogP contribution in [0.15, 0.2) is 59.7 Å². The molecule has 0 saturated heterocycles. The van der Waals surface area contributed by atoms with Gasteiger partial charge in [-0.05, 0) is 35.9 Å². The van der Waals surface area contributed by atoms with Crippen molar-refractivity contribution in [2.75, 3.05) is 12.5 Å². The average Bonchev–Trinajstić information content (AvgIpc) is 2.55. The molecule has 2 aromatic carbocycles. The minimum absolute atomic E-state index is 0.130. The molecule has 112 valence electrons. The second-order valence-corrected chi connectivity index (χ2v) is 4.36. The Morgan fingerprint density at radius 1 is 1.18 bits per heavy atom. The lowest BCUT2D eigenvalue weighted by atomic mass is 10.2. The molecule has 5 nitrogen and oxygen atoms in total. The third-order valence-corrected chi connectivity index (χ3v) is 2.89. The van der Waals surface area contributed by atoms with Crippen molar-refractivity contribution < 1.29 is 14.6 Å². The first kappa shape index (κ1) is 15.3. The number of nitrogens with one attached hydrogen (secondary N) is 1. The molecule has 0 heterocycles. The lowest BCUT2D eigenvalue weighted by Gasteiger charge is -2.03. The summed E-state index contributed by atoms with van der Waals surface area (Å²) < 4.78 is 5.24. The minimum Gasteiger partial charge on any atom is -0.545 e. The number of hydrogen-bond donors (Lipinski definition) is 1. The third-order valence-electron chi connectivity index (χ3n) is 2.89. The molecule has 0 radical (unpaired) electrons. The molecule has 0 aliphatic rings. The van der Waals surface area contributed by atoms with E-state index in [9.17, 15) is 9.90 Å². The van der Waals surface area contributed by atoms with Gasteiger partial charge in [-0.25, -0.2) is 0 Å². The Balaban J connectivity index is 1.92. The van der Waals surface area contributed by atoms with E-state index < -0.39 is 5.97 Å². The van der Waals surface area contributed by atoms with Crippen molar-refractivity contribution in [3.8, 4) is 5.75 Å². The van der Waals surface area contributed by atoms with E-state index in [1.54, 1.807) is 31.5 Å². The van der Waals surface area contributed by atoms with Crippen LogP contribution < -0.4 is 15.3 Å². The smallest absolute Gasteiger partial charge is 0.126 e. The maximum Gasteiger partial charge on any atom is 0.126 e. The first-order chi connectivity index (χ1) is 10.7. The lowest BCUT2D eigenvalue weighted by molar-refractivity contribution is -0.255. The van der Waals surface area contributed by atoms with Gasteiger partial charge in [0.05, 0.1) is 18.8 Å². The maximum absolute atomic E-state index is 10.6. The number of carbonyl (C=O) groups excluding carboxylic acids is 1. The normalized spacial score (nSPS) is 11.0. The summed E-state index contributed by atoms with van der Waals surface area (Å²) in [4.78, 5) is 10.6. The van der Waals surface area contributed by atoms with Crippen LogP contribution in [0.2, 0.25) is 0 Å². The molecular formula is C17H15N2O3-. The Kier molecular flexibility index (Phi) is 5.31. The number of hydrazone groups is 1. The van der Waals surface area contributed by atoms with E-state index >= 15 is 0 Å². The average molecular weight is 295 g/mol. The number of carboxylic acid groups (broad SMARTS) is 1. The topological polar surface area (TPSA) is 73.8 Å². The molecule has 0 atom stereocenters. The van der Waals surface area contributed by atoms with Gasteiger partial charge in [0.2, 0.25) is 0 Å². The SMILES string of the molecule is COc1ccccc1/C=C/C=N\Nc1ccc(C(=O)[O-])cc1. The number of carbonyl (C=O) groups is 1. The van der Waals surface area contributed by atoms with Crippen molar-refractivity contribution in [1.82, 2.24) is 0 Å². The standard InChI is InChI=1S/C17H16N2O3/c1-22-16-7-3-2-5-13(16)6-4-12-18-19-15-10-8-14(9-11-15)17(20)21/h2-12,19H,1H3,(H,20,21)/p-1/b6-4+,18-12-. The second-order valence-electron chi connectivity index (χ2n) is 4.36. The largest absolute Gasteiger partial charge is 0.545 e. The number of allylic oxidation sites excluding steroid dienone is 1. The van der Waals surface area contributed by atoms with Crippen LogP contribution in [0, 0.1) is 0 Å². The van der Waals surface area contributed by atoms with Gasteiger partial charge < -0.3 is 14.6 Å². The molecule has 0 fully saturated rings. The first-order valence-corrected chi connectivity index (χ1v) is 6.61. The fourth-order valence-electron chi connectivity index (χ4n) is 1.79. The molecule has 0 amide bonds. The van der Waals surface area contributed by atoms with E-state index in [4.69, 9.17) is 4.74 Å². The van der Waals surface area contributed by atoms with Gasteiger partial charge in [-0.3, -0.25) is 5.43 Å². The summed E-state index contributed by atoms with van der Waals surface area (Å²) in [6, 6.07) is 13.8. The summed E-state index contributed by atoms with van der Waals surface area (Å²) >= 11 is 0. The van der Waals surface area contributed by atoms with Crippen molar-refractivity contribution in [2.45, 2.75) is 0 Å². The van der Waals surface area contributed by atoms with E-state index in [-0.39, 0.29) is 5.56 Å². The van der Waals surface area contributed by atoms with Gasteiger partial charge in [0.1, 0.15) is 5.75 Å². The zero-order valence-electron chi connectivity index (χ0n) is 12.0. The zero-order chi connectivity index (χ0) is 15.8. The summed E-state index contributed by atoms with van der Waals surface area (Å²) in [5.74, 6) is -0.409. The highest BCUT2D eigenvalue weighted by atomic mass is 16.5. The molecule has 0 aliphatic heterocycles. The van der Waals surface area contributed by atoms with Crippen LogP contribution in [0.4, 0.5) is 5.69 Å². The Hall–Kier alpha value is -3.08. The molecule has 0 unspecified atom stereocenters. The predicted molar refractivity (Wildman–Crippen MR) is 84.9 cm³/mol. The van der Waals surface area contributed by atoms with Crippen molar-refractivity contribution in [3.05, 3.63) is 65.7 Å². The van der Waals surface area contributed by atoms with Gasteiger partial charge >= 0.3 is 0 Å². The molecule has 1 N–H and O–H groups in total. The van der Waals surface area contributed by atoms with Crippen molar-refractivity contribution in [1.29, 1.82) is 0 Å². The number of aromatic carboxylic acids is 1. The van der Waals surface area contributed by atoms with Crippen LogP contribution in [-0.2, 0) is 0 Å². The van der Waals surface area contributed by atoms with Crippen molar-refractivity contribution >= 4 is 23.9 Å². The fourth-order valence-corrected chi connectivity index (χ4v) is 1.79. The number of anilines is 1. The molecule has 0 aromatic heterocycles. The van der Waals surface area contributed by atoms with Gasteiger partial charge in [0.15, 0.2) is 0 Å². The molecule has 0 bridgehead atoms. The Labute approximate surface area is 128 Å². The highest BCUT2D eigenvalue weighted by molar-refractivity contribution is 5.86. The summed E-state index contributed by atoms with van der Waals surface area (Å²) in [7, 11) is 1.62. The minimum atomic E-state index is -1.20. The molecule has 22 heavy (non-hydrogen) atoms. The van der Waals surface area contributed by atoms with Crippen molar-refractivity contribution in [3.63, 3.8) is 0 Å². The van der Waals surface area contributed by atoms with Gasteiger partial charge in [0, 0.05) is 11.8 Å². The number of methoxy groups -OCH3 is 1. The Morgan fingerprint density at radius 2 is 1.91 bits per heavy atom. The summed E-state index contributed by atoms with van der Waals surface area (Å²) in [5, 5.41) is 14.6. The first-order valence-electron chi connectivity index (χ1n) is 6.61. The number of para-hydroxylation sites is 1. The van der Waals surface area contributed by atoms with E-state index in [0.29, 0.717) is 5.69 Å². The number of benzene rings is 2. The highest BCUT2D eigenvalue weighted by Gasteiger charge is 1.95. The monoisotopic (exact) mass is 295 g/mol. The van der Waals surface area contributed by atoms with Crippen LogP contribution in [0.1, 0.15) is 15.9 Å². The number of hydrogen-bond acceptors (Lipinski definition) is 5. The predicted octanol–water partition coefficient (Wildman–Crippen LogP) is 2.17. The molecular weight excluding hydrogens is 280 g/mol. The summed E-state index contributed by atoms with van der Waals surface area (Å²) in [6.07, 6.45) is 5.25. The molecule has 0 spiro atoms. The second kappa shape index (κ2) is 7.64. The maximum atomic E-state index is 10.6. The summed E-state index contributed by atoms with van der Waals surface area (Å²) in [6.45, 7) is 0. The third kappa shape index (κ3) is 4.21. The van der Waals surface area contributed by atoms with Gasteiger partial charge in [0.25, 0.3) is 0 Å². The van der Waals surface area contributed by atoms with Crippen LogP contribution in [0.3, 0.4) is 0 Å². The van der Waals surface area contributed by atoms with Crippen molar-refractivity contribution in [2.24, 2.45) is 5.10 Å². The number of carboxylic acids is 1. The van der Waals surface area contributed by atoms with E-state index in [1.165, 1.54) is 12.1 Å². The summed E-state index contributed by atoms with van der Waals surface area (Å²) in [5.41, 5.74) is 4.57. The molecule has 0 aliphatic carbocycles. The molecule has 2 rings (SSSR count). The van der Waals surface area contributed by atoms with Crippen LogP contribution in [0.5, 0.6) is 5.75 Å². The molecule has 2 aromatic rings. The zero-order valence-corrected chi connectivity index (χ0v) is 12.0. The Morgan fingerprint density at radius 3 is 2.59 bits per heavy atom. The number of nitrogens with zero attached hydrogens (tertiary/aromatic N) is 1. The van der Waals surface area contributed by atoms with Crippen LogP contribution in [-0.4, -0.2) is 19.3 Å².